The van der Waals surface area contributed by atoms with Crippen LogP contribution in [-0.2, 0) is 0 Å². The van der Waals surface area contributed by atoms with Gasteiger partial charge in [-0.05, 0) is 55.6 Å². The first kappa shape index (κ1) is 13.4. The quantitative estimate of drug-likeness (QED) is 0.161. The number of benzene rings is 7. The van der Waals surface area contributed by atoms with E-state index >= 15 is 0 Å². The van der Waals surface area contributed by atoms with Crippen LogP contribution in [0.4, 0.5) is 0 Å². The van der Waals surface area contributed by atoms with Gasteiger partial charge in [0.25, 0.3) is 0 Å². The third-order valence-corrected chi connectivity index (χ3v) is 6.90. The van der Waals surface area contributed by atoms with Crippen LogP contribution in [0.25, 0.3) is 77.3 Å². The van der Waals surface area contributed by atoms with Crippen LogP contribution in [0.1, 0.15) is 20.6 Å². The van der Waals surface area contributed by atoms with Gasteiger partial charge >= 0.3 is 0 Å². The minimum absolute atomic E-state index is 0.0426. The zero-order valence-corrected chi connectivity index (χ0v) is 21.7. The van der Waals surface area contributed by atoms with Gasteiger partial charge < -0.3 is 0 Å². The summed E-state index contributed by atoms with van der Waals surface area (Å²) in [5.41, 5.74) is 0.626. The molecule has 0 aliphatic heterocycles. The molecule has 0 atom stereocenters. The molecule has 0 saturated carbocycles. The molecule has 0 bridgehead atoms. The molecular formula is C40H26N2. The Morgan fingerprint density at radius 3 is 1.76 bits per heavy atom. The minimum Gasteiger partial charge on any atom is -0.228 e. The van der Waals surface area contributed by atoms with Gasteiger partial charge in [-0.2, -0.15) is 0 Å². The van der Waals surface area contributed by atoms with Crippen LogP contribution in [0.2, 0.25) is 0 Å². The lowest BCUT2D eigenvalue weighted by Crippen LogP contribution is -1.96. The molecule has 0 amide bonds. The molecule has 7 aromatic carbocycles. The zero-order chi connectivity index (χ0) is 40.9. The van der Waals surface area contributed by atoms with Gasteiger partial charge in [0, 0.05) is 16.7 Å². The summed E-state index contributed by atoms with van der Waals surface area (Å²) in [5, 5.41) is -2.41. The fourth-order valence-corrected chi connectivity index (χ4v) is 4.93. The van der Waals surface area contributed by atoms with Gasteiger partial charge in [-0.1, -0.05) is 145 Å². The SMILES string of the molecule is [2H]c1c([2H])c(-c2c3c([2H])c([2H])c([2H])c([2H])c3c([2H])c3c2c([2H])c([2H])c2c([2H])c([2H])c([2H])c([2H])c23)c([2H])c([2H])c1-c1cc(-c2ccccc2)nc(-c2ccccc2)n1. The second-order valence-corrected chi connectivity index (χ2v) is 9.44. The normalized spacial score (nSPS) is 16.3. The highest BCUT2D eigenvalue weighted by Crippen LogP contribution is 2.40. The zero-order valence-electron chi connectivity index (χ0n) is 36.7. The number of hydrogen-bond donors (Lipinski definition) is 0. The van der Waals surface area contributed by atoms with Crippen molar-refractivity contribution < 1.29 is 20.6 Å². The predicted octanol–water partition coefficient (Wildman–Crippen LogP) is 10.6. The molecule has 0 unspecified atom stereocenters. The van der Waals surface area contributed by atoms with E-state index in [9.17, 15) is 8.22 Å². The second kappa shape index (κ2) is 10.1. The van der Waals surface area contributed by atoms with Crippen molar-refractivity contribution in [2.45, 2.75) is 0 Å². The highest BCUT2D eigenvalue weighted by atomic mass is 14.9. The van der Waals surface area contributed by atoms with E-state index in [1.165, 1.54) is 6.07 Å². The summed E-state index contributed by atoms with van der Waals surface area (Å²) in [7, 11) is 0. The Morgan fingerprint density at radius 2 is 1.02 bits per heavy atom. The van der Waals surface area contributed by atoms with Crippen LogP contribution >= 0.6 is 0 Å². The summed E-state index contributed by atoms with van der Waals surface area (Å²) in [4.78, 5) is 9.42. The molecule has 0 radical (unpaired) electrons. The molecule has 2 nitrogen and oxygen atoms in total. The highest BCUT2D eigenvalue weighted by molar-refractivity contribution is 6.20. The summed E-state index contributed by atoms with van der Waals surface area (Å²) in [6, 6.07) is 9.32. The molecule has 8 rings (SSSR count). The molecule has 0 saturated heterocycles. The Bertz CT molecular complexity index is 2980. The summed E-state index contributed by atoms with van der Waals surface area (Å²) >= 11 is 0. The molecule has 0 aliphatic rings. The standard InChI is InChI=1S/C40H26N2/c1-3-12-28(13-4-1)37-26-38(42-40(41-37)31-14-5-2-6-15-31)29-19-21-30(22-20-29)39-34-18-10-8-16-32(34)25-36-33-17-9-7-11-27(33)23-24-35(36)39/h1-26H/i7D,8D,9D,10D,11D,16D,17D,18D,19D,20D,21D,22D,23D,24D,25D. The lowest BCUT2D eigenvalue weighted by molar-refractivity contribution is 1.18. The first-order chi connectivity index (χ1) is 27.1. The van der Waals surface area contributed by atoms with Crippen molar-refractivity contribution >= 4 is 32.3 Å². The van der Waals surface area contributed by atoms with Crippen LogP contribution < -0.4 is 0 Å². The van der Waals surface area contributed by atoms with Crippen LogP contribution in [0, 0.1) is 0 Å². The molecule has 42 heavy (non-hydrogen) atoms. The average Bonchev–Trinajstić information content (AvgIpc) is 3.22. The largest absolute Gasteiger partial charge is 0.228 e. The lowest BCUT2D eigenvalue weighted by atomic mass is 9.89. The van der Waals surface area contributed by atoms with Gasteiger partial charge in [-0.3, -0.25) is 0 Å². The van der Waals surface area contributed by atoms with Crippen molar-refractivity contribution in [1.82, 2.24) is 9.97 Å². The van der Waals surface area contributed by atoms with Gasteiger partial charge in [0.15, 0.2) is 5.82 Å². The maximum Gasteiger partial charge on any atom is 0.160 e. The number of hydrogen-bond acceptors (Lipinski definition) is 2. The summed E-state index contributed by atoms with van der Waals surface area (Å²) in [6.45, 7) is 0. The van der Waals surface area contributed by atoms with Crippen molar-refractivity contribution in [2.75, 3.05) is 0 Å². The van der Waals surface area contributed by atoms with Crippen molar-refractivity contribution in [3.05, 3.63) is 157 Å². The summed E-state index contributed by atoms with van der Waals surface area (Å²) < 4.78 is 134. The molecular weight excluding hydrogens is 508 g/mol. The van der Waals surface area contributed by atoms with Crippen LogP contribution in [0.3, 0.4) is 0 Å². The van der Waals surface area contributed by atoms with E-state index in [1.807, 2.05) is 36.4 Å². The van der Waals surface area contributed by atoms with E-state index in [4.69, 9.17) is 17.3 Å². The molecule has 0 aliphatic carbocycles. The molecule has 0 fully saturated rings. The first-order valence-corrected chi connectivity index (χ1v) is 13.0. The maximum atomic E-state index is 9.44. The van der Waals surface area contributed by atoms with Gasteiger partial charge in [0.1, 0.15) is 0 Å². The Morgan fingerprint density at radius 1 is 0.429 bits per heavy atom. The van der Waals surface area contributed by atoms with E-state index in [2.05, 4.69) is 4.98 Å². The van der Waals surface area contributed by atoms with Crippen molar-refractivity contribution in [2.24, 2.45) is 0 Å². The smallest absolute Gasteiger partial charge is 0.160 e. The van der Waals surface area contributed by atoms with Crippen molar-refractivity contribution in [1.29, 1.82) is 0 Å². The Balaban J connectivity index is 1.57. The van der Waals surface area contributed by atoms with Gasteiger partial charge in [0.05, 0.1) is 31.9 Å². The second-order valence-electron chi connectivity index (χ2n) is 9.44. The molecule has 1 heterocycles. The number of nitrogens with zero attached hydrogens (tertiary/aromatic N) is 2. The Kier molecular flexibility index (Phi) is 3.22. The predicted molar refractivity (Wildman–Crippen MR) is 176 cm³/mol. The first-order valence-electron chi connectivity index (χ1n) is 20.5. The fraction of sp³-hybridized carbons (Fsp3) is 0. The Hall–Kier alpha value is -5.60. The summed E-state index contributed by atoms with van der Waals surface area (Å²) in [6.07, 6.45) is 0. The van der Waals surface area contributed by atoms with Gasteiger partial charge in [-0.15, -0.1) is 0 Å². The van der Waals surface area contributed by atoms with Crippen molar-refractivity contribution in [3.8, 4) is 45.0 Å². The number of rotatable bonds is 4. The number of fused-ring (bicyclic) bond motifs is 4. The average molecular weight is 550 g/mol. The van der Waals surface area contributed by atoms with E-state index in [0.717, 1.165) is 0 Å². The van der Waals surface area contributed by atoms with Crippen molar-refractivity contribution in [3.63, 3.8) is 0 Å². The topological polar surface area (TPSA) is 25.8 Å². The maximum absolute atomic E-state index is 9.44. The van der Waals surface area contributed by atoms with Gasteiger partial charge in [-0.25, -0.2) is 9.97 Å². The molecule has 196 valence electrons. The molecule has 1 aromatic heterocycles. The van der Waals surface area contributed by atoms with E-state index < -0.39 is 123 Å². The number of aromatic nitrogens is 2. The van der Waals surface area contributed by atoms with Gasteiger partial charge in [0.2, 0.25) is 0 Å². The van der Waals surface area contributed by atoms with E-state index in [1.54, 1.807) is 24.3 Å². The minimum atomic E-state index is -0.748. The summed E-state index contributed by atoms with van der Waals surface area (Å²) in [5.74, 6) is 0.241. The van der Waals surface area contributed by atoms with Crippen LogP contribution in [-0.4, -0.2) is 9.97 Å². The molecule has 0 N–H and O–H groups in total. The Labute approximate surface area is 265 Å². The van der Waals surface area contributed by atoms with Crippen LogP contribution in [0.15, 0.2) is 157 Å². The lowest BCUT2D eigenvalue weighted by Gasteiger charge is -2.15. The highest BCUT2D eigenvalue weighted by Gasteiger charge is 2.14. The van der Waals surface area contributed by atoms with E-state index in [-0.39, 0.29) is 27.9 Å². The van der Waals surface area contributed by atoms with Crippen LogP contribution in [0.5, 0.6) is 0 Å². The monoisotopic (exact) mass is 549 g/mol. The third-order valence-electron chi connectivity index (χ3n) is 6.90. The third kappa shape index (κ3) is 4.22. The molecule has 0 spiro atoms. The molecule has 2 heteroatoms. The fourth-order valence-electron chi connectivity index (χ4n) is 4.93. The molecule has 8 aromatic rings. The van der Waals surface area contributed by atoms with E-state index in [0.29, 0.717) is 16.8 Å².